The summed E-state index contributed by atoms with van der Waals surface area (Å²) in [5.41, 5.74) is 0.377. The van der Waals surface area contributed by atoms with E-state index in [4.69, 9.17) is 10.7 Å². The molecule has 0 spiro atoms. The van der Waals surface area contributed by atoms with Gasteiger partial charge in [0.15, 0.2) is 0 Å². The van der Waals surface area contributed by atoms with Crippen LogP contribution in [0.25, 0.3) is 0 Å². The van der Waals surface area contributed by atoms with Crippen LogP contribution in [0.1, 0.15) is 36.5 Å². The van der Waals surface area contributed by atoms with Crippen molar-refractivity contribution in [3.63, 3.8) is 0 Å². The molecular formula is C13H16ClNO3S. The zero-order valence-electron chi connectivity index (χ0n) is 10.7. The van der Waals surface area contributed by atoms with Gasteiger partial charge in [0.05, 0.1) is 4.90 Å². The van der Waals surface area contributed by atoms with Crippen LogP contribution in [-0.2, 0) is 9.05 Å². The van der Waals surface area contributed by atoms with Gasteiger partial charge >= 0.3 is 0 Å². The van der Waals surface area contributed by atoms with Gasteiger partial charge in [-0.25, -0.2) is 8.42 Å². The van der Waals surface area contributed by atoms with Gasteiger partial charge in [-0.3, -0.25) is 4.79 Å². The topological polar surface area (TPSA) is 54.5 Å². The second kappa shape index (κ2) is 5.51. The van der Waals surface area contributed by atoms with Crippen molar-refractivity contribution in [3.05, 3.63) is 29.8 Å². The van der Waals surface area contributed by atoms with E-state index in [1.54, 1.807) is 12.1 Å². The second-order valence-electron chi connectivity index (χ2n) is 4.70. The minimum Gasteiger partial charge on any atom is -0.336 e. The Morgan fingerprint density at radius 2 is 2.11 bits per heavy atom. The molecule has 6 heteroatoms. The number of amides is 1. The third-order valence-corrected chi connectivity index (χ3v) is 4.43. The van der Waals surface area contributed by atoms with E-state index in [2.05, 4.69) is 0 Å². The number of rotatable bonds is 5. The molecule has 104 valence electrons. The monoisotopic (exact) mass is 301 g/mol. The van der Waals surface area contributed by atoms with Crippen molar-refractivity contribution in [2.45, 2.75) is 37.1 Å². The number of benzene rings is 1. The zero-order chi connectivity index (χ0) is 14.0. The number of nitrogens with zero attached hydrogens (tertiary/aromatic N) is 1. The number of carbonyl (C=O) groups is 1. The third-order valence-electron chi connectivity index (χ3n) is 3.08. The first-order chi connectivity index (χ1) is 8.93. The van der Waals surface area contributed by atoms with E-state index in [1.807, 2.05) is 11.8 Å². The molecule has 0 N–H and O–H groups in total. The Morgan fingerprint density at radius 1 is 1.42 bits per heavy atom. The van der Waals surface area contributed by atoms with E-state index in [1.165, 1.54) is 12.1 Å². The molecule has 1 fully saturated rings. The summed E-state index contributed by atoms with van der Waals surface area (Å²) in [6, 6.07) is 6.21. The van der Waals surface area contributed by atoms with Crippen molar-refractivity contribution in [2.75, 3.05) is 6.54 Å². The molecule has 0 bridgehead atoms. The van der Waals surface area contributed by atoms with Gasteiger partial charge in [0.1, 0.15) is 0 Å². The molecule has 1 aliphatic rings. The van der Waals surface area contributed by atoms with Crippen LogP contribution in [-0.4, -0.2) is 31.8 Å². The van der Waals surface area contributed by atoms with Crippen molar-refractivity contribution in [3.8, 4) is 0 Å². The molecule has 0 heterocycles. The Morgan fingerprint density at radius 3 is 2.63 bits per heavy atom. The summed E-state index contributed by atoms with van der Waals surface area (Å²) in [5.74, 6) is -0.119. The Bertz CT molecular complexity index is 581. The molecule has 1 aliphatic carbocycles. The molecule has 0 saturated heterocycles. The first-order valence-corrected chi connectivity index (χ1v) is 8.60. The average molecular weight is 302 g/mol. The molecule has 0 radical (unpaired) electrons. The summed E-state index contributed by atoms with van der Waals surface area (Å²) in [4.78, 5) is 14.2. The van der Waals surface area contributed by atoms with Crippen molar-refractivity contribution in [1.82, 2.24) is 4.90 Å². The maximum Gasteiger partial charge on any atom is 0.261 e. The fourth-order valence-electron chi connectivity index (χ4n) is 2.02. The van der Waals surface area contributed by atoms with Gasteiger partial charge in [0.2, 0.25) is 0 Å². The van der Waals surface area contributed by atoms with E-state index in [0.717, 1.165) is 19.3 Å². The molecule has 0 unspecified atom stereocenters. The standard InChI is InChI=1S/C13H16ClNO3S/c1-2-8-15(11-6-7-11)13(16)10-4-3-5-12(9-10)19(14,17)18/h3-5,9,11H,2,6-8H2,1H3. The van der Waals surface area contributed by atoms with E-state index < -0.39 is 9.05 Å². The molecule has 0 aromatic heterocycles. The van der Waals surface area contributed by atoms with Gasteiger partial charge < -0.3 is 4.90 Å². The van der Waals surface area contributed by atoms with E-state index >= 15 is 0 Å². The minimum atomic E-state index is -3.80. The lowest BCUT2D eigenvalue weighted by atomic mass is 10.2. The lowest BCUT2D eigenvalue weighted by Gasteiger charge is -2.21. The summed E-state index contributed by atoms with van der Waals surface area (Å²) in [6.07, 6.45) is 2.94. The average Bonchev–Trinajstić information content (AvgIpc) is 3.18. The van der Waals surface area contributed by atoms with Crippen LogP contribution in [0.3, 0.4) is 0 Å². The molecule has 1 amide bonds. The number of hydrogen-bond acceptors (Lipinski definition) is 3. The molecule has 0 atom stereocenters. The third kappa shape index (κ3) is 3.48. The number of halogens is 1. The highest BCUT2D eigenvalue weighted by Crippen LogP contribution is 2.29. The Kier molecular flexibility index (Phi) is 4.16. The smallest absolute Gasteiger partial charge is 0.261 e. The maximum atomic E-state index is 12.4. The lowest BCUT2D eigenvalue weighted by molar-refractivity contribution is 0.0743. The van der Waals surface area contributed by atoms with Crippen molar-refractivity contribution < 1.29 is 13.2 Å². The van der Waals surface area contributed by atoms with E-state index in [0.29, 0.717) is 18.2 Å². The summed E-state index contributed by atoms with van der Waals surface area (Å²) < 4.78 is 22.6. The second-order valence-corrected chi connectivity index (χ2v) is 7.26. The molecule has 1 aromatic rings. The fraction of sp³-hybridized carbons (Fsp3) is 0.462. The van der Waals surface area contributed by atoms with Crippen LogP contribution < -0.4 is 0 Å². The zero-order valence-corrected chi connectivity index (χ0v) is 12.2. The van der Waals surface area contributed by atoms with Gasteiger partial charge in [-0.2, -0.15) is 0 Å². The predicted molar refractivity (Wildman–Crippen MR) is 73.8 cm³/mol. The van der Waals surface area contributed by atoms with Gasteiger partial charge in [0, 0.05) is 28.8 Å². The van der Waals surface area contributed by atoms with Crippen LogP contribution in [0.5, 0.6) is 0 Å². The molecule has 4 nitrogen and oxygen atoms in total. The van der Waals surface area contributed by atoms with E-state index in [-0.39, 0.29) is 10.8 Å². The summed E-state index contributed by atoms with van der Waals surface area (Å²) in [6.45, 7) is 2.71. The van der Waals surface area contributed by atoms with Gasteiger partial charge in [-0.1, -0.05) is 13.0 Å². The van der Waals surface area contributed by atoms with Crippen molar-refractivity contribution in [1.29, 1.82) is 0 Å². The normalized spacial score (nSPS) is 15.3. The Balaban J connectivity index is 2.27. The van der Waals surface area contributed by atoms with Crippen LogP contribution in [0.2, 0.25) is 0 Å². The SMILES string of the molecule is CCCN(C(=O)c1cccc(S(=O)(=O)Cl)c1)C1CC1. The van der Waals surface area contributed by atoms with Crippen LogP contribution >= 0.6 is 10.7 Å². The molecule has 1 aromatic carbocycles. The summed E-state index contributed by atoms with van der Waals surface area (Å²) in [7, 11) is 1.50. The van der Waals surface area contributed by atoms with Crippen LogP contribution in [0.15, 0.2) is 29.2 Å². The quantitative estimate of drug-likeness (QED) is 0.786. The maximum absolute atomic E-state index is 12.4. The summed E-state index contributed by atoms with van der Waals surface area (Å²) in [5, 5.41) is 0. The first-order valence-electron chi connectivity index (χ1n) is 6.29. The fourth-order valence-corrected chi connectivity index (χ4v) is 2.82. The molecule has 19 heavy (non-hydrogen) atoms. The highest BCUT2D eigenvalue weighted by Gasteiger charge is 2.32. The highest BCUT2D eigenvalue weighted by atomic mass is 35.7. The van der Waals surface area contributed by atoms with Crippen LogP contribution in [0.4, 0.5) is 0 Å². The molecule has 1 saturated carbocycles. The first kappa shape index (κ1) is 14.3. The number of hydrogen-bond donors (Lipinski definition) is 0. The van der Waals surface area contributed by atoms with E-state index in [9.17, 15) is 13.2 Å². The van der Waals surface area contributed by atoms with Gasteiger partial charge in [-0.05, 0) is 37.5 Å². The molecule has 0 aliphatic heterocycles. The van der Waals surface area contributed by atoms with Crippen molar-refractivity contribution in [2.24, 2.45) is 0 Å². The highest BCUT2D eigenvalue weighted by molar-refractivity contribution is 8.13. The number of carbonyl (C=O) groups excluding carboxylic acids is 1. The molecular weight excluding hydrogens is 286 g/mol. The minimum absolute atomic E-state index is 0.0349. The predicted octanol–water partition coefficient (Wildman–Crippen LogP) is 2.63. The van der Waals surface area contributed by atoms with Crippen LogP contribution in [0, 0.1) is 0 Å². The van der Waals surface area contributed by atoms with Crippen molar-refractivity contribution >= 4 is 25.6 Å². The Labute approximate surface area is 117 Å². The van der Waals surface area contributed by atoms with Gasteiger partial charge in [0.25, 0.3) is 15.0 Å². The lowest BCUT2D eigenvalue weighted by Crippen LogP contribution is -2.33. The largest absolute Gasteiger partial charge is 0.336 e. The summed E-state index contributed by atoms with van der Waals surface area (Å²) >= 11 is 0. The Hall–Kier alpha value is -1.07. The van der Waals surface area contributed by atoms with Gasteiger partial charge in [-0.15, -0.1) is 0 Å². The molecule has 2 rings (SSSR count).